The first kappa shape index (κ1) is 18.2. The Labute approximate surface area is 151 Å². The van der Waals surface area contributed by atoms with E-state index >= 15 is 0 Å². The Morgan fingerprint density at radius 3 is 2.48 bits per heavy atom. The van der Waals surface area contributed by atoms with Crippen LogP contribution in [-0.4, -0.2) is 79.5 Å². The van der Waals surface area contributed by atoms with Gasteiger partial charge in [-0.2, -0.15) is 0 Å². The number of hydrogen-bond acceptors (Lipinski definition) is 3. The molecule has 0 unspecified atom stereocenters. The molecule has 3 atom stereocenters. The van der Waals surface area contributed by atoms with Gasteiger partial charge in [-0.15, -0.1) is 0 Å². The molecule has 1 N–H and O–H groups in total. The average Bonchev–Trinajstić information content (AvgIpc) is 3.24. The van der Waals surface area contributed by atoms with Crippen LogP contribution < -0.4 is 5.32 Å². The number of nitrogens with zero attached hydrogens (tertiary/aromatic N) is 3. The number of allylic oxidation sites excluding steroid dienone is 2. The first-order valence-electron chi connectivity index (χ1n) is 9.69. The molecular weight excluding hydrogens is 316 g/mol. The standard InChI is InChI=1S/C19H32N4O2/c1-21(2)18(24)17-9-5-11-22(17)12-6-10-20-19(25)23-13-15-7-3-4-8-16(15)14-23/h3-4,15-17H,5-14H2,1-2H3,(H,20,25)/t15-,16+,17-/m1/s1. The second-order valence-electron chi connectivity index (χ2n) is 7.88. The molecule has 0 aromatic rings. The molecule has 0 bridgehead atoms. The fourth-order valence-electron chi connectivity index (χ4n) is 4.44. The number of carbonyl (C=O) groups is 2. The number of rotatable bonds is 5. The molecular formula is C19H32N4O2. The number of carbonyl (C=O) groups excluding carboxylic acids is 2. The van der Waals surface area contributed by atoms with Crippen LogP contribution in [0.3, 0.4) is 0 Å². The molecule has 6 nitrogen and oxygen atoms in total. The quantitative estimate of drug-likeness (QED) is 0.606. The first-order valence-corrected chi connectivity index (χ1v) is 9.69. The van der Waals surface area contributed by atoms with Crippen molar-refractivity contribution in [2.24, 2.45) is 11.8 Å². The maximum Gasteiger partial charge on any atom is 0.317 e. The molecule has 6 heteroatoms. The van der Waals surface area contributed by atoms with E-state index in [4.69, 9.17) is 0 Å². The third kappa shape index (κ3) is 4.35. The predicted molar refractivity (Wildman–Crippen MR) is 98.2 cm³/mol. The second kappa shape index (κ2) is 8.21. The van der Waals surface area contributed by atoms with E-state index in [-0.39, 0.29) is 18.0 Å². The number of urea groups is 1. The van der Waals surface area contributed by atoms with Crippen LogP contribution in [0.5, 0.6) is 0 Å². The Hall–Kier alpha value is -1.56. The monoisotopic (exact) mass is 348 g/mol. The van der Waals surface area contributed by atoms with Gasteiger partial charge in [0.2, 0.25) is 5.91 Å². The van der Waals surface area contributed by atoms with Gasteiger partial charge in [0.15, 0.2) is 0 Å². The first-order chi connectivity index (χ1) is 12.1. The van der Waals surface area contributed by atoms with Gasteiger partial charge in [-0.3, -0.25) is 9.69 Å². The third-order valence-electron chi connectivity index (χ3n) is 5.90. The highest BCUT2D eigenvalue weighted by atomic mass is 16.2. The Balaban J connectivity index is 1.36. The van der Waals surface area contributed by atoms with E-state index in [1.165, 1.54) is 0 Å². The van der Waals surface area contributed by atoms with E-state index in [1.807, 2.05) is 19.0 Å². The molecule has 25 heavy (non-hydrogen) atoms. The Kier molecular flexibility index (Phi) is 5.99. The number of likely N-dealkylation sites (tertiary alicyclic amines) is 2. The minimum atomic E-state index is 0.0277. The summed E-state index contributed by atoms with van der Waals surface area (Å²) in [6.07, 6.45) is 9.67. The lowest BCUT2D eigenvalue weighted by atomic mass is 9.86. The minimum absolute atomic E-state index is 0.0277. The van der Waals surface area contributed by atoms with E-state index < -0.39 is 0 Å². The van der Waals surface area contributed by atoms with Gasteiger partial charge in [-0.25, -0.2) is 4.79 Å². The summed E-state index contributed by atoms with van der Waals surface area (Å²) < 4.78 is 0. The molecule has 3 aliphatic rings. The topological polar surface area (TPSA) is 55.9 Å². The van der Waals surface area contributed by atoms with Crippen LogP contribution in [0.1, 0.15) is 32.1 Å². The molecule has 2 heterocycles. The fourth-order valence-corrected chi connectivity index (χ4v) is 4.44. The van der Waals surface area contributed by atoms with Crippen molar-refractivity contribution in [3.63, 3.8) is 0 Å². The maximum atomic E-state index is 12.4. The minimum Gasteiger partial charge on any atom is -0.347 e. The molecule has 0 aromatic heterocycles. The molecule has 3 rings (SSSR count). The molecule has 2 aliphatic heterocycles. The van der Waals surface area contributed by atoms with E-state index in [0.717, 1.165) is 58.3 Å². The van der Waals surface area contributed by atoms with Gasteiger partial charge >= 0.3 is 6.03 Å². The SMILES string of the molecule is CN(C)C(=O)[C@H]1CCCN1CCCNC(=O)N1C[C@H]2CC=CC[C@H]2C1. The zero-order valence-electron chi connectivity index (χ0n) is 15.6. The van der Waals surface area contributed by atoms with Gasteiger partial charge in [0, 0.05) is 40.3 Å². The normalized spacial score (nSPS) is 28.9. The van der Waals surface area contributed by atoms with Crippen molar-refractivity contribution in [1.82, 2.24) is 20.0 Å². The van der Waals surface area contributed by atoms with Crippen LogP contribution in [0, 0.1) is 11.8 Å². The van der Waals surface area contributed by atoms with Gasteiger partial charge in [0.1, 0.15) is 0 Å². The molecule has 3 amide bonds. The van der Waals surface area contributed by atoms with Gasteiger partial charge in [-0.05, 0) is 50.5 Å². The van der Waals surface area contributed by atoms with Crippen LogP contribution in [0.4, 0.5) is 4.79 Å². The van der Waals surface area contributed by atoms with Crippen LogP contribution in [-0.2, 0) is 4.79 Å². The molecule has 0 aromatic carbocycles. The molecule has 1 aliphatic carbocycles. The summed E-state index contributed by atoms with van der Waals surface area (Å²) in [4.78, 5) is 30.5. The molecule has 2 fully saturated rings. The smallest absolute Gasteiger partial charge is 0.317 e. The van der Waals surface area contributed by atoms with Crippen LogP contribution in [0.25, 0.3) is 0 Å². The van der Waals surface area contributed by atoms with Gasteiger partial charge < -0.3 is 15.1 Å². The lowest BCUT2D eigenvalue weighted by Gasteiger charge is -2.26. The Morgan fingerprint density at radius 1 is 1.16 bits per heavy atom. The van der Waals surface area contributed by atoms with E-state index in [9.17, 15) is 9.59 Å². The summed E-state index contributed by atoms with van der Waals surface area (Å²) in [5, 5.41) is 3.07. The molecule has 0 saturated carbocycles. The number of likely N-dealkylation sites (N-methyl/N-ethyl adjacent to an activating group) is 1. The molecule has 0 radical (unpaired) electrons. The van der Waals surface area contributed by atoms with E-state index in [1.54, 1.807) is 4.90 Å². The maximum absolute atomic E-state index is 12.4. The molecule has 0 spiro atoms. The van der Waals surface area contributed by atoms with Gasteiger partial charge in [0.05, 0.1) is 6.04 Å². The molecule has 140 valence electrons. The van der Waals surface area contributed by atoms with Crippen molar-refractivity contribution in [2.75, 3.05) is 46.8 Å². The zero-order valence-corrected chi connectivity index (χ0v) is 15.6. The van der Waals surface area contributed by atoms with Crippen molar-refractivity contribution in [2.45, 2.75) is 38.1 Å². The Bertz CT molecular complexity index is 504. The lowest BCUT2D eigenvalue weighted by molar-refractivity contribution is -0.133. The van der Waals surface area contributed by atoms with Crippen LogP contribution in [0.15, 0.2) is 12.2 Å². The largest absolute Gasteiger partial charge is 0.347 e. The third-order valence-corrected chi connectivity index (χ3v) is 5.90. The Morgan fingerprint density at radius 2 is 1.84 bits per heavy atom. The average molecular weight is 348 g/mol. The summed E-state index contributed by atoms with van der Waals surface area (Å²) >= 11 is 0. The highest BCUT2D eigenvalue weighted by molar-refractivity contribution is 5.81. The fraction of sp³-hybridized carbons (Fsp3) is 0.789. The van der Waals surface area contributed by atoms with Crippen molar-refractivity contribution < 1.29 is 9.59 Å². The van der Waals surface area contributed by atoms with E-state index in [2.05, 4.69) is 22.4 Å². The summed E-state index contributed by atoms with van der Waals surface area (Å²) in [7, 11) is 3.64. The summed E-state index contributed by atoms with van der Waals surface area (Å²) in [5.74, 6) is 1.51. The van der Waals surface area contributed by atoms with E-state index in [0.29, 0.717) is 18.4 Å². The van der Waals surface area contributed by atoms with Gasteiger partial charge in [0.25, 0.3) is 0 Å². The van der Waals surface area contributed by atoms with Crippen LogP contribution >= 0.6 is 0 Å². The van der Waals surface area contributed by atoms with Gasteiger partial charge in [-0.1, -0.05) is 12.2 Å². The zero-order chi connectivity index (χ0) is 17.8. The lowest BCUT2D eigenvalue weighted by Crippen LogP contribution is -2.44. The van der Waals surface area contributed by atoms with Crippen LogP contribution in [0.2, 0.25) is 0 Å². The summed E-state index contributed by atoms with van der Waals surface area (Å²) in [6, 6.07) is 0.108. The van der Waals surface area contributed by atoms with Crippen molar-refractivity contribution in [1.29, 1.82) is 0 Å². The number of amides is 3. The second-order valence-corrected chi connectivity index (χ2v) is 7.88. The number of nitrogens with one attached hydrogen (secondary N) is 1. The predicted octanol–water partition coefficient (Wildman–Crippen LogP) is 1.54. The summed E-state index contributed by atoms with van der Waals surface area (Å²) in [6.45, 7) is 4.33. The summed E-state index contributed by atoms with van der Waals surface area (Å²) in [5.41, 5.74) is 0. The highest BCUT2D eigenvalue weighted by Crippen LogP contribution is 2.32. The van der Waals surface area contributed by atoms with Crippen molar-refractivity contribution in [3.05, 3.63) is 12.2 Å². The van der Waals surface area contributed by atoms with Crippen molar-refractivity contribution in [3.8, 4) is 0 Å². The molecule has 2 saturated heterocycles. The number of fused-ring (bicyclic) bond motifs is 1. The highest BCUT2D eigenvalue weighted by Gasteiger charge is 2.35. The van der Waals surface area contributed by atoms with Crippen molar-refractivity contribution >= 4 is 11.9 Å². The number of hydrogen-bond donors (Lipinski definition) is 1.